The SMILES string of the molecule is Cc1csc(CC(=O)Nc2sc3c(c2C#N)CCC(C(C)(C)C)C3)n1. The van der Waals surface area contributed by atoms with Crippen LogP contribution >= 0.6 is 22.7 Å². The van der Waals surface area contributed by atoms with Crippen molar-refractivity contribution in [3.05, 3.63) is 32.1 Å². The minimum Gasteiger partial charge on any atom is -0.316 e. The molecule has 0 saturated heterocycles. The molecular weight excluding hydrogens is 350 g/mol. The highest BCUT2D eigenvalue weighted by Crippen LogP contribution is 2.44. The van der Waals surface area contributed by atoms with Crippen LogP contribution in [0.15, 0.2) is 5.38 Å². The van der Waals surface area contributed by atoms with Crippen LogP contribution in [0.3, 0.4) is 0 Å². The Morgan fingerprint density at radius 1 is 1.48 bits per heavy atom. The number of carbonyl (C=O) groups excluding carboxylic acids is 1. The van der Waals surface area contributed by atoms with Gasteiger partial charge in [0.1, 0.15) is 16.1 Å². The Bertz CT molecular complexity index is 836. The molecule has 4 nitrogen and oxygen atoms in total. The minimum atomic E-state index is -0.100. The molecule has 0 bridgehead atoms. The molecule has 0 fully saturated rings. The zero-order valence-corrected chi connectivity index (χ0v) is 16.7. The van der Waals surface area contributed by atoms with Gasteiger partial charge >= 0.3 is 0 Å². The van der Waals surface area contributed by atoms with Gasteiger partial charge in [-0.05, 0) is 43.1 Å². The van der Waals surface area contributed by atoms with E-state index in [1.54, 1.807) is 11.3 Å². The second-order valence-corrected chi connectivity index (χ2v) is 9.78. The summed E-state index contributed by atoms with van der Waals surface area (Å²) < 4.78 is 0. The van der Waals surface area contributed by atoms with Gasteiger partial charge in [-0.25, -0.2) is 4.98 Å². The third-order valence-corrected chi connectivity index (χ3v) is 6.97. The summed E-state index contributed by atoms with van der Waals surface area (Å²) in [6, 6.07) is 2.31. The number of anilines is 1. The number of hydrogen-bond donors (Lipinski definition) is 1. The van der Waals surface area contributed by atoms with Crippen LogP contribution in [0.4, 0.5) is 5.00 Å². The average Bonchev–Trinajstić information content (AvgIpc) is 3.08. The fourth-order valence-electron chi connectivity index (χ4n) is 3.32. The smallest absolute Gasteiger partial charge is 0.231 e. The first kappa shape index (κ1) is 18.1. The second-order valence-electron chi connectivity index (χ2n) is 7.73. The van der Waals surface area contributed by atoms with Crippen LogP contribution in [0.2, 0.25) is 0 Å². The number of nitrogens with zero attached hydrogens (tertiary/aromatic N) is 2. The lowest BCUT2D eigenvalue weighted by Gasteiger charge is -2.33. The topological polar surface area (TPSA) is 65.8 Å². The number of hydrogen-bond acceptors (Lipinski definition) is 5. The molecule has 6 heteroatoms. The van der Waals surface area contributed by atoms with Crippen molar-refractivity contribution >= 4 is 33.6 Å². The molecule has 1 atom stereocenters. The Morgan fingerprint density at radius 2 is 2.24 bits per heavy atom. The normalized spacial score (nSPS) is 17.0. The van der Waals surface area contributed by atoms with Crippen molar-refractivity contribution in [1.82, 2.24) is 4.98 Å². The van der Waals surface area contributed by atoms with E-state index in [-0.39, 0.29) is 17.7 Å². The zero-order valence-electron chi connectivity index (χ0n) is 15.1. The molecule has 1 amide bonds. The molecule has 1 aliphatic carbocycles. The van der Waals surface area contributed by atoms with E-state index in [9.17, 15) is 10.1 Å². The van der Waals surface area contributed by atoms with E-state index in [1.807, 2.05) is 12.3 Å². The van der Waals surface area contributed by atoms with E-state index in [2.05, 4.69) is 37.1 Å². The van der Waals surface area contributed by atoms with Crippen LogP contribution in [0.5, 0.6) is 0 Å². The molecule has 1 aliphatic rings. The van der Waals surface area contributed by atoms with Crippen molar-refractivity contribution < 1.29 is 4.79 Å². The number of rotatable bonds is 3. The van der Waals surface area contributed by atoms with E-state index in [0.717, 1.165) is 35.5 Å². The van der Waals surface area contributed by atoms with Gasteiger partial charge in [-0.2, -0.15) is 5.26 Å². The maximum atomic E-state index is 12.3. The molecular formula is C19H23N3OS2. The summed E-state index contributed by atoms with van der Waals surface area (Å²) in [5, 5.41) is 16.0. The van der Waals surface area contributed by atoms with Crippen molar-refractivity contribution in [3.8, 4) is 6.07 Å². The largest absolute Gasteiger partial charge is 0.316 e. The highest BCUT2D eigenvalue weighted by Gasteiger charge is 2.32. The number of aryl methyl sites for hydroxylation is 1. The number of amides is 1. The van der Waals surface area contributed by atoms with Crippen LogP contribution in [0, 0.1) is 29.6 Å². The van der Waals surface area contributed by atoms with Gasteiger partial charge in [0, 0.05) is 16.0 Å². The van der Waals surface area contributed by atoms with E-state index in [0.29, 0.717) is 16.5 Å². The molecule has 132 valence electrons. The fraction of sp³-hybridized carbons (Fsp3) is 0.526. The van der Waals surface area contributed by atoms with Gasteiger partial charge in [0.25, 0.3) is 0 Å². The van der Waals surface area contributed by atoms with Crippen molar-refractivity contribution in [2.45, 2.75) is 53.4 Å². The minimum absolute atomic E-state index is 0.100. The molecule has 0 saturated carbocycles. The van der Waals surface area contributed by atoms with E-state index in [4.69, 9.17) is 0 Å². The third-order valence-electron chi connectivity index (χ3n) is 4.83. The predicted molar refractivity (Wildman–Crippen MR) is 103 cm³/mol. The average molecular weight is 374 g/mol. The molecule has 0 spiro atoms. The van der Waals surface area contributed by atoms with Gasteiger partial charge < -0.3 is 5.32 Å². The number of thiophene rings is 1. The Balaban J connectivity index is 1.78. The molecule has 2 aromatic rings. The lowest BCUT2D eigenvalue weighted by atomic mass is 9.72. The molecule has 3 rings (SSSR count). The standard InChI is InChI=1S/C19H23N3OS2/c1-11-10-24-17(21-11)8-16(23)22-18-14(9-20)13-6-5-12(19(2,3)4)7-15(13)25-18/h10,12H,5-8H2,1-4H3,(H,22,23). The van der Waals surface area contributed by atoms with Gasteiger partial charge in [-0.1, -0.05) is 20.8 Å². The van der Waals surface area contributed by atoms with Gasteiger partial charge in [-0.3, -0.25) is 4.79 Å². The molecule has 0 aliphatic heterocycles. The van der Waals surface area contributed by atoms with Gasteiger partial charge in [0.05, 0.1) is 12.0 Å². The lowest BCUT2D eigenvalue weighted by Crippen LogP contribution is -2.26. The summed E-state index contributed by atoms with van der Waals surface area (Å²) >= 11 is 3.07. The predicted octanol–water partition coefficient (Wildman–Crippen LogP) is 4.72. The molecule has 25 heavy (non-hydrogen) atoms. The Hall–Kier alpha value is -1.71. The molecule has 0 aromatic carbocycles. The number of carbonyl (C=O) groups is 1. The van der Waals surface area contributed by atoms with Crippen LogP contribution < -0.4 is 5.32 Å². The quantitative estimate of drug-likeness (QED) is 0.847. The van der Waals surface area contributed by atoms with Crippen LogP contribution in [0.1, 0.15) is 53.9 Å². The maximum absolute atomic E-state index is 12.3. The Labute approximate surface area is 156 Å². The lowest BCUT2D eigenvalue weighted by molar-refractivity contribution is -0.115. The Kier molecular flexibility index (Phi) is 4.99. The van der Waals surface area contributed by atoms with Crippen LogP contribution in [-0.2, 0) is 24.1 Å². The molecule has 2 aromatic heterocycles. The fourth-order valence-corrected chi connectivity index (χ4v) is 5.39. The van der Waals surface area contributed by atoms with Gasteiger partial charge in [-0.15, -0.1) is 22.7 Å². The monoisotopic (exact) mass is 373 g/mol. The highest BCUT2D eigenvalue weighted by atomic mass is 32.1. The number of nitriles is 1. The summed E-state index contributed by atoms with van der Waals surface area (Å²) in [5.74, 6) is 0.517. The van der Waals surface area contributed by atoms with Crippen molar-refractivity contribution in [1.29, 1.82) is 5.26 Å². The van der Waals surface area contributed by atoms with Crippen molar-refractivity contribution in [2.75, 3.05) is 5.32 Å². The van der Waals surface area contributed by atoms with Gasteiger partial charge in [0.2, 0.25) is 5.91 Å². The first-order valence-electron chi connectivity index (χ1n) is 8.53. The molecule has 2 heterocycles. The van der Waals surface area contributed by atoms with Crippen molar-refractivity contribution in [3.63, 3.8) is 0 Å². The highest BCUT2D eigenvalue weighted by molar-refractivity contribution is 7.16. The summed E-state index contributed by atoms with van der Waals surface area (Å²) in [5.41, 5.74) is 3.01. The first-order valence-corrected chi connectivity index (χ1v) is 10.2. The first-order chi connectivity index (χ1) is 11.8. The summed E-state index contributed by atoms with van der Waals surface area (Å²) in [7, 11) is 0. The van der Waals surface area contributed by atoms with Gasteiger partial charge in [0.15, 0.2) is 0 Å². The van der Waals surface area contributed by atoms with Crippen LogP contribution in [0.25, 0.3) is 0 Å². The van der Waals surface area contributed by atoms with Crippen LogP contribution in [-0.4, -0.2) is 10.9 Å². The van der Waals surface area contributed by atoms with E-state index in [1.165, 1.54) is 16.2 Å². The molecule has 0 radical (unpaired) electrons. The summed E-state index contributed by atoms with van der Waals surface area (Å²) in [6.07, 6.45) is 3.29. The summed E-state index contributed by atoms with van der Waals surface area (Å²) in [6.45, 7) is 8.76. The number of fused-ring (bicyclic) bond motifs is 1. The maximum Gasteiger partial charge on any atom is 0.231 e. The molecule has 1 N–H and O–H groups in total. The summed E-state index contributed by atoms with van der Waals surface area (Å²) in [4.78, 5) is 17.9. The molecule has 1 unspecified atom stereocenters. The van der Waals surface area contributed by atoms with Crippen molar-refractivity contribution in [2.24, 2.45) is 11.3 Å². The third kappa shape index (κ3) is 3.94. The zero-order chi connectivity index (χ0) is 18.2. The second kappa shape index (κ2) is 6.89. The number of nitrogens with one attached hydrogen (secondary N) is 1. The van der Waals surface area contributed by atoms with E-state index >= 15 is 0 Å². The Morgan fingerprint density at radius 3 is 2.84 bits per heavy atom. The number of aromatic nitrogens is 1. The number of thiazole rings is 1. The van der Waals surface area contributed by atoms with E-state index < -0.39 is 0 Å².